The fraction of sp³-hybridized carbons (Fsp3) is 0.538. The van der Waals surface area contributed by atoms with Gasteiger partial charge in [-0.05, 0) is 26.0 Å². The van der Waals surface area contributed by atoms with Gasteiger partial charge in [-0.3, -0.25) is 0 Å². The van der Waals surface area contributed by atoms with E-state index in [2.05, 4.69) is 0 Å². The lowest BCUT2D eigenvalue weighted by atomic mass is 10.1. The van der Waals surface area contributed by atoms with Gasteiger partial charge in [-0.2, -0.15) is 13.2 Å². The number of alkyl halides is 5. The number of rotatable bonds is 3. The van der Waals surface area contributed by atoms with E-state index >= 15 is 0 Å². The molecule has 4 nitrogen and oxygen atoms in total. The molecule has 2 rings (SSSR count). The van der Waals surface area contributed by atoms with Crippen LogP contribution in [0.5, 0.6) is 5.75 Å². The minimum atomic E-state index is -5.88. The third-order valence-electron chi connectivity index (χ3n) is 3.32. The van der Waals surface area contributed by atoms with Gasteiger partial charge in [-0.25, -0.2) is 17.2 Å². The van der Waals surface area contributed by atoms with E-state index in [1.165, 1.54) is 0 Å². The number of hydrogen-bond acceptors (Lipinski definition) is 4. The highest BCUT2D eigenvalue weighted by Gasteiger charge is 2.55. The van der Waals surface area contributed by atoms with Gasteiger partial charge in [-0.15, -0.1) is 0 Å². The number of aliphatic hydroxyl groups excluding tert-OH is 1. The molecular formula is C13H13F5O4S. The summed E-state index contributed by atoms with van der Waals surface area (Å²) in [5.74, 6) is -3.96. The molecule has 1 aromatic carbocycles. The smallest absolute Gasteiger partial charge is 0.491 e. The van der Waals surface area contributed by atoms with Gasteiger partial charge in [0.15, 0.2) is 0 Å². The van der Waals surface area contributed by atoms with Gasteiger partial charge in [0.25, 0.3) is 15.8 Å². The molecule has 1 aromatic rings. The molecule has 0 saturated carbocycles. The summed E-state index contributed by atoms with van der Waals surface area (Å²) in [5, 5.41) is 9.64. The zero-order valence-electron chi connectivity index (χ0n) is 12.0. The highest BCUT2D eigenvalue weighted by Crippen LogP contribution is 2.50. The molecule has 1 aliphatic rings. The maximum absolute atomic E-state index is 13.7. The first-order chi connectivity index (χ1) is 10.3. The Kier molecular flexibility index (Phi) is 4.13. The van der Waals surface area contributed by atoms with Crippen molar-refractivity contribution in [1.82, 2.24) is 0 Å². The number of ether oxygens (including phenoxy) is 1. The maximum Gasteiger partial charge on any atom is 0.501 e. The highest BCUT2D eigenvalue weighted by atomic mass is 32.2. The number of fused-ring (bicyclic) bond motifs is 1. The van der Waals surface area contributed by atoms with Crippen LogP contribution in [0.4, 0.5) is 22.0 Å². The summed E-state index contributed by atoms with van der Waals surface area (Å²) < 4.78 is 94.0. The second-order valence-corrected chi connectivity index (χ2v) is 7.32. The maximum atomic E-state index is 13.7. The van der Waals surface area contributed by atoms with Crippen molar-refractivity contribution in [3.63, 3.8) is 0 Å². The Balaban J connectivity index is 2.74. The van der Waals surface area contributed by atoms with E-state index in [9.17, 15) is 35.5 Å². The lowest BCUT2D eigenvalue weighted by molar-refractivity contribution is -0.0978. The van der Waals surface area contributed by atoms with Crippen LogP contribution in [0, 0.1) is 0 Å². The fourth-order valence-corrected chi connectivity index (χ4v) is 3.39. The van der Waals surface area contributed by atoms with Crippen LogP contribution >= 0.6 is 0 Å². The molecule has 0 saturated heterocycles. The second kappa shape index (κ2) is 5.30. The summed E-state index contributed by atoms with van der Waals surface area (Å²) >= 11 is 0. The molecule has 1 aliphatic carbocycles. The summed E-state index contributed by atoms with van der Waals surface area (Å²) in [6.45, 7) is 3.13. The summed E-state index contributed by atoms with van der Waals surface area (Å²) in [5.41, 5.74) is -7.05. The Morgan fingerprint density at radius 1 is 1.30 bits per heavy atom. The van der Waals surface area contributed by atoms with Crippen LogP contribution < -0.4 is 4.74 Å². The minimum Gasteiger partial charge on any atom is -0.491 e. The molecule has 0 radical (unpaired) electrons. The van der Waals surface area contributed by atoms with Crippen molar-refractivity contribution in [1.29, 1.82) is 0 Å². The van der Waals surface area contributed by atoms with Crippen molar-refractivity contribution in [2.24, 2.45) is 0 Å². The predicted molar refractivity (Wildman–Crippen MR) is 69.1 cm³/mol. The molecular weight excluding hydrogens is 347 g/mol. The van der Waals surface area contributed by atoms with Gasteiger partial charge in [0.2, 0.25) is 0 Å². The number of halogens is 5. The summed E-state index contributed by atoms with van der Waals surface area (Å²) in [6, 6.07) is 1.43. The zero-order valence-corrected chi connectivity index (χ0v) is 12.8. The van der Waals surface area contributed by atoms with Crippen molar-refractivity contribution < 1.29 is 40.2 Å². The van der Waals surface area contributed by atoms with Crippen LogP contribution in [0.2, 0.25) is 0 Å². The van der Waals surface area contributed by atoms with Gasteiger partial charge in [-0.1, -0.05) is 0 Å². The minimum absolute atomic E-state index is 0.174. The molecule has 0 spiro atoms. The van der Waals surface area contributed by atoms with Gasteiger partial charge in [0, 0.05) is 17.5 Å². The molecule has 0 aliphatic heterocycles. The van der Waals surface area contributed by atoms with Crippen molar-refractivity contribution in [3.8, 4) is 5.75 Å². The first kappa shape index (κ1) is 17.9. The molecule has 1 atom stereocenters. The average molecular weight is 360 g/mol. The Bertz CT molecular complexity index is 725. The van der Waals surface area contributed by atoms with Crippen molar-refractivity contribution >= 4 is 9.84 Å². The lowest BCUT2D eigenvalue weighted by Crippen LogP contribution is -2.26. The van der Waals surface area contributed by atoms with Crippen molar-refractivity contribution in [2.75, 3.05) is 0 Å². The first-order valence-electron chi connectivity index (χ1n) is 6.48. The van der Waals surface area contributed by atoms with E-state index in [0.717, 1.165) is 6.07 Å². The molecule has 0 amide bonds. The molecule has 0 fully saturated rings. The van der Waals surface area contributed by atoms with E-state index in [-0.39, 0.29) is 5.75 Å². The van der Waals surface area contributed by atoms with Crippen molar-refractivity contribution in [3.05, 3.63) is 23.3 Å². The van der Waals surface area contributed by atoms with Gasteiger partial charge in [0.05, 0.1) is 11.0 Å². The summed E-state index contributed by atoms with van der Waals surface area (Å²) in [6.07, 6.45) is -4.23. The van der Waals surface area contributed by atoms with Gasteiger partial charge < -0.3 is 9.84 Å². The van der Waals surface area contributed by atoms with Crippen LogP contribution in [0.15, 0.2) is 17.0 Å². The number of benzene rings is 1. The Morgan fingerprint density at radius 2 is 1.87 bits per heavy atom. The molecule has 0 aromatic heterocycles. The van der Waals surface area contributed by atoms with Crippen molar-refractivity contribution in [2.45, 2.75) is 48.8 Å². The number of hydrogen-bond donors (Lipinski definition) is 1. The van der Waals surface area contributed by atoms with Gasteiger partial charge in [0.1, 0.15) is 11.9 Å². The van der Waals surface area contributed by atoms with E-state index in [1.54, 1.807) is 13.8 Å². The van der Waals surface area contributed by atoms with Gasteiger partial charge >= 0.3 is 5.51 Å². The highest BCUT2D eigenvalue weighted by molar-refractivity contribution is 7.92. The van der Waals surface area contributed by atoms with Crippen LogP contribution in [-0.2, 0) is 16.3 Å². The molecule has 23 heavy (non-hydrogen) atoms. The van der Waals surface area contributed by atoms with Crippen LogP contribution in [0.3, 0.4) is 0 Å². The predicted octanol–water partition coefficient (Wildman–Crippen LogP) is 2.99. The van der Waals surface area contributed by atoms with E-state index in [1.807, 2.05) is 0 Å². The molecule has 130 valence electrons. The van der Waals surface area contributed by atoms with E-state index < -0.39 is 55.9 Å². The second-order valence-electron chi connectivity index (χ2n) is 5.41. The van der Waals surface area contributed by atoms with E-state index in [4.69, 9.17) is 4.74 Å². The SMILES string of the molecule is CC(C)Oc1ccc(S(=O)(=O)C(F)(F)F)c2c1CC(F)(F)[C@H]2O. The number of sulfone groups is 1. The Labute approximate surface area is 128 Å². The molecule has 0 unspecified atom stereocenters. The first-order valence-corrected chi connectivity index (χ1v) is 7.97. The molecule has 0 bridgehead atoms. The third-order valence-corrected chi connectivity index (χ3v) is 4.86. The fourth-order valence-electron chi connectivity index (χ4n) is 2.37. The monoisotopic (exact) mass is 360 g/mol. The molecule has 1 N–H and O–H groups in total. The largest absolute Gasteiger partial charge is 0.501 e. The summed E-state index contributed by atoms with van der Waals surface area (Å²) in [4.78, 5) is -1.37. The topological polar surface area (TPSA) is 63.6 Å². The average Bonchev–Trinajstić information content (AvgIpc) is 2.60. The van der Waals surface area contributed by atoms with E-state index in [0.29, 0.717) is 6.07 Å². The summed E-state index contributed by atoms with van der Waals surface area (Å²) in [7, 11) is -5.88. The Morgan fingerprint density at radius 3 is 2.35 bits per heavy atom. The standard InChI is InChI=1S/C13H13F5O4S/c1-6(2)22-8-3-4-9(23(20,21)13(16,17)18)10-7(8)5-12(14,15)11(10)19/h3-4,6,11,19H,5H2,1-2H3/t11-/m0/s1. The quantitative estimate of drug-likeness (QED) is 0.842. The molecule has 10 heteroatoms. The normalized spacial score (nSPS) is 20.7. The number of aliphatic hydroxyl groups is 1. The third kappa shape index (κ3) is 2.89. The zero-order chi connectivity index (χ0) is 17.8. The lowest BCUT2D eigenvalue weighted by Gasteiger charge is -2.18. The Hall–Kier alpha value is -1.42. The van der Waals surface area contributed by atoms with Crippen LogP contribution in [0.1, 0.15) is 31.1 Å². The molecule has 0 heterocycles. The van der Waals surface area contributed by atoms with Crippen LogP contribution in [-0.4, -0.2) is 31.1 Å². The van der Waals surface area contributed by atoms with Crippen LogP contribution in [0.25, 0.3) is 0 Å².